The second kappa shape index (κ2) is 7.03. The summed E-state index contributed by atoms with van der Waals surface area (Å²) >= 11 is 13.5. The standard InChI is InChI=1S/C19H11Cl2N3OS/c20-12-5-8-15(21)14(10-12)17(25)23-13-6-3-11(4-7-13)18-24-16-2-1-9-22-19(16)26-18/h1-10H,(H,23,25). The number of nitrogens with zero attached hydrogens (tertiary/aromatic N) is 2. The van der Waals surface area contributed by atoms with Gasteiger partial charge in [0.05, 0.1) is 10.6 Å². The number of hydrogen-bond acceptors (Lipinski definition) is 4. The highest BCUT2D eigenvalue weighted by Crippen LogP contribution is 2.29. The van der Waals surface area contributed by atoms with Crippen LogP contribution in [0.25, 0.3) is 20.9 Å². The Labute approximate surface area is 163 Å². The van der Waals surface area contributed by atoms with Gasteiger partial charge in [-0.15, -0.1) is 0 Å². The number of rotatable bonds is 3. The zero-order valence-corrected chi connectivity index (χ0v) is 15.6. The van der Waals surface area contributed by atoms with E-state index in [2.05, 4.69) is 15.3 Å². The number of anilines is 1. The molecule has 0 aliphatic heterocycles. The first-order valence-corrected chi connectivity index (χ1v) is 9.26. The van der Waals surface area contributed by atoms with Crippen molar-refractivity contribution in [2.24, 2.45) is 0 Å². The molecule has 4 nitrogen and oxygen atoms in total. The number of carbonyl (C=O) groups is 1. The fourth-order valence-corrected chi connectivity index (χ4v) is 3.75. The molecule has 0 atom stereocenters. The minimum atomic E-state index is -0.311. The summed E-state index contributed by atoms with van der Waals surface area (Å²) < 4.78 is 0. The molecule has 0 aliphatic rings. The zero-order chi connectivity index (χ0) is 18.1. The van der Waals surface area contributed by atoms with Crippen LogP contribution in [-0.4, -0.2) is 15.9 Å². The Hall–Kier alpha value is -2.47. The first kappa shape index (κ1) is 17.0. The van der Waals surface area contributed by atoms with E-state index < -0.39 is 0 Å². The van der Waals surface area contributed by atoms with Crippen molar-refractivity contribution in [3.63, 3.8) is 0 Å². The molecule has 128 valence electrons. The molecule has 0 aliphatic carbocycles. The number of halogens is 2. The van der Waals surface area contributed by atoms with E-state index in [1.807, 2.05) is 36.4 Å². The fraction of sp³-hybridized carbons (Fsp3) is 0. The predicted molar refractivity (Wildman–Crippen MR) is 107 cm³/mol. The number of amides is 1. The number of benzene rings is 2. The maximum atomic E-state index is 12.4. The van der Waals surface area contributed by atoms with Gasteiger partial charge < -0.3 is 5.32 Å². The summed E-state index contributed by atoms with van der Waals surface area (Å²) in [5, 5.41) is 4.51. The van der Waals surface area contributed by atoms with Crippen molar-refractivity contribution in [2.45, 2.75) is 0 Å². The molecule has 1 N–H and O–H groups in total. The average molecular weight is 400 g/mol. The van der Waals surface area contributed by atoms with Crippen LogP contribution in [-0.2, 0) is 0 Å². The van der Waals surface area contributed by atoms with Gasteiger partial charge in [-0.05, 0) is 54.6 Å². The lowest BCUT2D eigenvalue weighted by molar-refractivity contribution is 0.102. The van der Waals surface area contributed by atoms with E-state index in [0.717, 1.165) is 20.9 Å². The lowest BCUT2D eigenvalue weighted by Crippen LogP contribution is -2.12. The summed E-state index contributed by atoms with van der Waals surface area (Å²) in [4.78, 5) is 22.2. The Balaban J connectivity index is 1.56. The average Bonchev–Trinajstić information content (AvgIpc) is 3.08. The highest BCUT2D eigenvalue weighted by atomic mass is 35.5. The number of carbonyl (C=O) groups excluding carboxylic acids is 1. The molecule has 0 fully saturated rings. The molecule has 0 unspecified atom stereocenters. The van der Waals surface area contributed by atoms with E-state index in [9.17, 15) is 4.79 Å². The van der Waals surface area contributed by atoms with Gasteiger partial charge in [0.25, 0.3) is 5.91 Å². The van der Waals surface area contributed by atoms with Gasteiger partial charge in [0, 0.05) is 22.5 Å². The van der Waals surface area contributed by atoms with Gasteiger partial charge in [-0.1, -0.05) is 34.5 Å². The first-order valence-electron chi connectivity index (χ1n) is 7.68. The second-order valence-corrected chi connectivity index (χ2v) is 7.32. The van der Waals surface area contributed by atoms with E-state index in [1.54, 1.807) is 24.4 Å². The Morgan fingerprint density at radius 3 is 2.62 bits per heavy atom. The van der Waals surface area contributed by atoms with Crippen LogP contribution < -0.4 is 5.32 Å². The summed E-state index contributed by atoms with van der Waals surface area (Å²) in [6.45, 7) is 0. The van der Waals surface area contributed by atoms with Crippen LogP contribution in [0, 0.1) is 0 Å². The van der Waals surface area contributed by atoms with Gasteiger partial charge in [0.1, 0.15) is 15.4 Å². The van der Waals surface area contributed by atoms with Crippen molar-refractivity contribution >= 4 is 56.5 Å². The monoisotopic (exact) mass is 399 g/mol. The van der Waals surface area contributed by atoms with Crippen LogP contribution in [0.2, 0.25) is 10.0 Å². The minimum Gasteiger partial charge on any atom is -0.322 e. The third-order valence-corrected chi connectivity index (χ3v) is 5.32. The van der Waals surface area contributed by atoms with E-state index >= 15 is 0 Å². The summed E-state index contributed by atoms with van der Waals surface area (Å²) in [7, 11) is 0. The number of aromatic nitrogens is 2. The topological polar surface area (TPSA) is 54.9 Å². The number of hydrogen-bond donors (Lipinski definition) is 1. The van der Waals surface area contributed by atoms with E-state index in [-0.39, 0.29) is 5.91 Å². The van der Waals surface area contributed by atoms with Gasteiger partial charge >= 0.3 is 0 Å². The molecular formula is C19H11Cl2N3OS. The van der Waals surface area contributed by atoms with Crippen LogP contribution in [0.4, 0.5) is 5.69 Å². The Bertz CT molecular complexity index is 1080. The Kier molecular flexibility index (Phi) is 4.59. The molecule has 1 amide bonds. The number of nitrogens with one attached hydrogen (secondary N) is 1. The van der Waals surface area contributed by atoms with Gasteiger partial charge in [0.2, 0.25) is 0 Å². The third kappa shape index (κ3) is 3.42. The number of pyridine rings is 1. The maximum Gasteiger partial charge on any atom is 0.257 e. The summed E-state index contributed by atoms with van der Waals surface area (Å²) in [5.41, 5.74) is 2.83. The fourth-order valence-electron chi connectivity index (χ4n) is 2.46. The van der Waals surface area contributed by atoms with Crippen LogP contribution in [0.15, 0.2) is 60.8 Å². The SMILES string of the molecule is O=C(Nc1ccc(-c2nc3cccnc3s2)cc1)c1cc(Cl)ccc1Cl. The van der Waals surface area contributed by atoms with E-state index in [1.165, 1.54) is 11.3 Å². The van der Waals surface area contributed by atoms with Gasteiger partial charge in [-0.3, -0.25) is 4.79 Å². The van der Waals surface area contributed by atoms with Crippen molar-refractivity contribution in [3.05, 3.63) is 76.4 Å². The molecule has 26 heavy (non-hydrogen) atoms. The van der Waals surface area contributed by atoms with E-state index in [0.29, 0.717) is 21.3 Å². The predicted octanol–water partition coefficient (Wildman–Crippen LogP) is 5.92. The lowest BCUT2D eigenvalue weighted by Gasteiger charge is -2.07. The molecule has 0 saturated carbocycles. The smallest absolute Gasteiger partial charge is 0.257 e. The molecule has 2 heterocycles. The van der Waals surface area contributed by atoms with Gasteiger partial charge in [-0.25, -0.2) is 9.97 Å². The van der Waals surface area contributed by atoms with Crippen LogP contribution >= 0.6 is 34.5 Å². The van der Waals surface area contributed by atoms with Crippen molar-refractivity contribution in [3.8, 4) is 10.6 Å². The van der Waals surface area contributed by atoms with Gasteiger partial charge in [0.15, 0.2) is 0 Å². The molecule has 0 saturated heterocycles. The molecular weight excluding hydrogens is 389 g/mol. The summed E-state index contributed by atoms with van der Waals surface area (Å²) in [6.07, 6.45) is 1.75. The molecule has 0 radical (unpaired) electrons. The van der Waals surface area contributed by atoms with Gasteiger partial charge in [-0.2, -0.15) is 0 Å². The summed E-state index contributed by atoms with van der Waals surface area (Å²) in [5.74, 6) is -0.311. The minimum absolute atomic E-state index is 0.311. The number of thiazole rings is 1. The van der Waals surface area contributed by atoms with Crippen molar-refractivity contribution in [1.29, 1.82) is 0 Å². The first-order chi connectivity index (χ1) is 12.6. The Morgan fingerprint density at radius 1 is 1.04 bits per heavy atom. The number of fused-ring (bicyclic) bond motifs is 1. The third-order valence-electron chi connectivity index (χ3n) is 3.73. The molecule has 4 rings (SSSR count). The molecule has 0 spiro atoms. The quantitative estimate of drug-likeness (QED) is 0.465. The van der Waals surface area contributed by atoms with Crippen molar-refractivity contribution in [2.75, 3.05) is 5.32 Å². The van der Waals surface area contributed by atoms with Crippen LogP contribution in [0.5, 0.6) is 0 Å². The van der Waals surface area contributed by atoms with Crippen molar-refractivity contribution < 1.29 is 4.79 Å². The lowest BCUT2D eigenvalue weighted by atomic mass is 10.2. The molecule has 4 aromatic rings. The van der Waals surface area contributed by atoms with Crippen molar-refractivity contribution in [1.82, 2.24) is 9.97 Å². The normalized spacial score (nSPS) is 10.8. The molecule has 0 bridgehead atoms. The largest absolute Gasteiger partial charge is 0.322 e. The zero-order valence-electron chi connectivity index (χ0n) is 13.2. The highest BCUT2D eigenvalue weighted by molar-refractivity contribution is 7.21. The van der Waals surface area contributed by atoms with Crippen LogP contribution in [0.3, 0.4) is 0 Å². The summed E-state index contributed by atoms with van der Waals surface area (Å²) in [6, 6.07) is 16.1. The Morgan fingerprint density at radius 2 is 1.85 bits per heavy atom. The molecule has 2 aromatic carbocycles. The second-order valence-electron chi connectivity index (χ2n) is 5.50. The van der Waals surface area contributed by atoms with Crippen LogP contribution in [0.1, 0.15) is 10.4 Å². The van der Waals surface area contributed by atoms with E-state index in [4.69, 9.17) is 23.2 Å². The maximum absolute atomic E-state index is 12.4. The molecule has 2 aromatic heterocycles. The molecule has 7 heteroatoms. The highest BCUT2D eigenvalue weighted by Gasteiger charge is 2.12.